The van der Waals surface area contributed by atoms with E-state index in [2.05, 4.69) is 15.6 Å². The van der Waals surface area contributed by atoms with Crippen LogP contribution in [0.4, 0.5) is 0 Å². The molecule has 2 amide bonds. The predicted octanol–water partition coefficient (Wildman–Crippen LogP) is 0.655. The summed E-state index contributed by atoms with van der Waals surface area (Å²) in [7, 11) is -3.71. The molecule has 3 N–H and O–H groups in total. The van der Waals surface area contributed by atoms with Gasteiger partial charge in [0.1, 0.15) is 16.6 Å². The first-order chi connectivity index (χ1) is 14.9. The molecule has 0 radical (unpaired) electrons. The zero-order valence-electron chi connectivity index (χ0n) is 17.0. The fraction of sp³-hybridized carbons (Fsp3) is 0.429. The van der Waals surface area contributed by atoms with E-state index in [0.29, 0.717) is 19.6 Å². The number of hydrogen-bond donors (Lipinski definition) is 3. The van der Waals surface area contributed by atoms with Gasteiger partial charge in [0, 0.05) is 31.7 Å². The molecule has 1 aliphatic carbocycles. The molecule has 1 aromatic carbocycles. The SMILES string of the molecule is O=C(NC(Cc1ccccc1)C(=O)NC1CC1)c1cc(S(=O)(=O)N2CCOCC2)c[nH]1. The number of carbonyl (C=O) groups is 2. The molecule has 1 unspecified atom stereocenters. The number of hydrogen-bond acceptors (Lipinski definition) is 5. The van der Waals surface area contributed by atoms with Crippen molar-refractivity contribution in [1.82, 2.24) is 19.9 Å². The zero-order valence-corrected chi connectivity index (χ0v) is 17.9. The van der Waals surface area contributed by atoms with E-state index in [-0.39, 0.29) is 35.6 Å². The van der Waals surface area contributed by atoms with E-state index in [4.69, 9.17) is 4.74 Å². The molecule has 2 fully saturated rings. The Morgan fingerprint density at radius 2 is 1.87 bits per heavy atom. The quantitative estimate of drug-likeness (QED) is 0.550. The monoisotopic (exact) mass is 446 g/mol. The third kappa shape index (κ3) is 5.33. The zero-order chi connectivity index (χ0) is 21.8. The second-order valence-electron chi connectivity index (χ2n) is 7.76. The third-order valence-corrected chi connectivity index (χ3v) is 7.21. The van der Waals surface area contributed by atoms with Crippen LogP contribution in [0.25, 0.3) is 0 Å². The lowest BCUT2D eigenvalue weighted by atomic mass is 10.0. The number of rotatable bonds is 8. The molecule has 1 saturated carbocycles. The number of nitrogens with one attached hydrogen (secondary N) is 3. The Kier molecular flexibility index (Phi) is 6.40. The van der Waals surface area contributed by atoms with Crippen molar-refractivity contribution in [3.05, 3.63) is 53.9 Å². The summed E-state index contributed by atoms with van der Waals surface area (Å²) in [6.07, 6.45) is 3.52. The van der Waals surface area contributed by atoms with Crippen LogP contribution in [0.1, 0.15) is 28.9 Å². The second kappa shape index (κ2) is 9.21. The Hall–Kier alpha value is -2.69. The number of ether oxygens (including phenoxy) is 1. The minimum absolute atomic E-state index is 0.0154. The van der Waals surface area contributed by atoms with Gasteiger partial charge in [-0.1, -0.05) is 30.3 Å². The number of aromatic amines is 1. The first-order valence-corrected chi connectivity index (χ1v) is 11.8. The standard InChI is InChI=1S/C21H26N4O5S/c26-20(18-13-17(14-22-18)31(28,29)25-8-10-30-11-9-25)24-19(21(27)23-16-6-7-16)12-15-4-2-1-3-5-15/h1-5,13-14,16,19,22H,6-12H2,(H,23,27)(H,24,26). The van der Waals surface area contributed by atoms with Crippen LogP contribution in [-0.2, 0) is 26.0 Å². The highest BCUT2D eigenvalue weighted by atomic mass is 32.2. The summed E-state index contributed by atoms with van der Waals surface area (Å²) in [5.74, 6) is -0.775. The van der Waals surface area contributed by atoms with E-state index in [0.717, 1.165) is 18.4 Å². The molecule has 166 valence electrons. The van der Waals surface area contributed by atoms with Gasteiger partial charge in [-0.15, -0.1) is 0 Å². The average molecular weight is 447 g/mol. The van der Waals surface area contributed by atoms with Gasteiger partial charge >= 0.3 is 0 Å². The Morgan fingerprint density at radius 1 is 1.16 bits per heavy atom. The molecule has 2 heterocycles. The Morgan fingerprint density at radius 3 is 2.55 bits per heavy atom. The largest absolute Gasteiger partial charge is 0.379 e. The van der Waals surface area contributed by atoms with Crippen molar-refractivity contribution in [3.63, 3.8) is 0 Å². The maximum Gasteiger partial charge on any atom is 0.268 e. The van der Waals surface area contributed by atoms with Gasteiger partial charge in [0.25, 0.3) is 5.91 Å². The number of carbonyl (C=O) groups excluding carboxylic acids is 2. The van der Waals surface area contributed by atoms with Gasteiger partial charge in [0.15, 0.2) is 0 Å². The lowest BCUT2D eigenvalue weighted by molar-refractivity contribution is -0.123. The van der Waals surface area contributed by atoms with Crippen molar-refractivity contribution in [2.75, 3.05) is 26.3 Å². The molecule has 31 heavy (non-hydrogen) atoms. The minimum atomic E-state index is -3.71. The van der Waals surface area contributed by atoms with Crippen LogP contribution >= 0.6 is 0 Å². The van der Waals surface area contributed by atoms with Crippen LogP contribution in [0, 0.1) is 0 Å². The first-order valence-electron chi connectivity index (χ1n) is 10.3. The molecule has 1 aromatic heterocycles. The summed E-state index contributed by atoms with van der Waals surface area (Å²) >= 11 is 0. The number of nitrogens with zero attached hydrogens (tertiary/aromatic N) is 1. The molecule has 0 bridgehead atoms. The second-order valence-corrected chi connectivity index (χ2v) is 9.70. The lowest BCUT2D eigenvalue weighted by Gasteiger charge is -2.25. The van der Waals surface area contributed by atoms with Crippen LogP contribution in [0.5, 0.6) is 0 Å². The minimum Gasteiger partial charge on any atom is -0.379 e. The van der Waals surface area contributed by atoms with Gasteiger partial charge in [-0.25, -0.2) is 8.42 Å². The highest BCUT2D eigenvalue weighted by molar-refractivity contribution is 7.89. The molecular weight excluding hydrogens is 420 g/mol. The maximum absolute atomic E-state index is 12.8. The smallest absolute Gasteiger partial charge is 0.268 e. The van der Waals surface area contributed by atoms with Crippen LogP contribution in [-0.4, -0.2) is 67.9 Å². The number of H-pyrrole nitrogens is 1. The Labute approximate surface area is 181 Å². The van der Waals surface area contributed by atoms with E-state index < -0.39 is 22.0 Å². The van der Waals surface area contributed by atoms with Gasteiger partial charge in [-0.2, -0.15) is 4.31 Å². The van der Waals surface area contributed by atoms with E-state index in [1.165, 1.54) is 16.6 Å². The van der Waals surface area contributed by atoms with E-state index in [1.807, 2.05) is 30.3 Å². The number of amides is 2. The molecular formula is C21H26N4O5S. The maximum atomic E-state index is 12.8. The normalized spacial score (nSPS) is 18.3. The molecule has 10 heteroatoms. The van der Waals surface area contributed by atoms with Crippen molar-refractivity contribution in [1.29, 1.82) is 0 Å². The predicted molar refractivity (Wildman–Crippen MR) is 113 cm³/mol. The molecule has 1 saturated heterocycles. The topological polar surface area (TPSA) is 121 Å². The van der Waals surface area contributed by atoms with Crippen LogP contribution in [0.15, 0.2) is 47.5 Å². The third-order valence-electron chi connectivity index (χ3n) is 5.34. The summed E-state index contributed by atoms with van der Waals surface area (Å²) < 4.78 is 32.1. The summed E-state index contributed by atoms with van der Waals surface area (Å²) in [5, 5.41) is 5.67. The molecule has 2 aromatic rings. The van der Waals surface area contributed by atoms with Crippen molar-refractivity contribution in [3.8, 4) is 0 Å². The summed E-state index contributed by atoms with van der Waals surface area (Å²) in [4.78, 5) is 28.2. The molecule has 4 rings (SSSR count). The molecule has 1 aliphatic heterocycles. The first kappa shape index (κ1) is 21.5. The highest BCUT2D eigenvalue weighted by Crippen LogP contribution is 2.20. The van der Waals surface area contributed by atoms with Crippen LogP contribution < -0.4 is 10.6 Å². The summed E-state index contributed by atoms with van der Waals surface area (Å²) in [5.41, 5.74) is 1.00. The van der Waals surface area contributed by atoms with E-state index >= 15 is 0 Å². The molecule has 0 spiro atoms. The van der Waals surface area contributed by atoms with E-state index in [9.17, 15) is 18.0 Å². The van der Waals surface area contributed by atoms with Gasteiger partial charge in [-0.3, -0.25) is 9.59 Å². The van der Waals surface area contributed by atoms with Gasteiger partial charge < -0.3 is 20.4 Å². The number of morpholine rings is 1. The number of benzene rings is 1. The molecule has 1 atom stereocenters. The Bertz CT molecular complexity index is 1030. The van der Waals surface area contributed by atoms with Crippen molar-refractivity contribution in [2.45, 2.75) is 36.2 Å². The van der Waals surface area contributed by atoms with Gasteiger partial charge in [-0.05, 0) is 24.5 Å². The highest BCUT2D eigenvalue weighted by Gasteiger charge is 2.31. The van der Waals surface area contributed by atoms with Crippen LogP contribution in [0.3, 0.4) is 0 Å². The molecule has 2 aliphatic rings. The fourth-order valence-electron chi connectivity index (χ4n) is 3.42. The van der Waals surface area contributed by atoms with Crippen molar-refractivity contribution < 1.29 is 22.7 Å². The van der Waals surface area contributed by atoms with Gasteiger partial charge in [0.05, 0.1) is 13.2 Å². The Balaban J connectivity index is 1.47. The lowest BCUT2D eigenvalue weighted by Crippen LogP contribution is -2.48. The number of aromatic nitrogens is 1. The van der Waals surface area contributed by atoms with Crippen molar-refractivity contribution in [2.24, 2.45) is 0 Å². The number of sulfonamides is 1. The van der Waals surface area contributed by atoms with E-state index in [1.54, 1.807) is 0 Å². The van der Waals surface area contributed by atoms with Gasteiger partial charge in [0.2, 0.25) is 15.9 Å². The average Bonchev–Trinajstić information content (AvgIpc) is 3.44. The summed E-state index contributed by atoms with van der Waals surface area (Å²) in [6, 6.07) is 10.1. The van der Waals surface area contributed by atoms with Crippen molar-refractivity contribution >= 4 is 21.8 Å². The summed E-state index contributed by atoms with van der Waals surface area (Å²) in [6.45, 7) is 1.23. The van der Waals surface area contributed by atoms with Crippen LogP contribution in [0.2, 0.25) is 0 Å². The molecule has 9 nitrogen and oxygen atoms in total. The fourth-order valence-corrected chi connectivity index (χ4v) is 4.82.